The highest BCUT2D eigenvalue weighted by Crippen LogP contribution is 2.35. The lowest BCUT2D eigenvalue weighted by molar-refractivity contribution is -0.276. The molecule has 0 bridgehead atoms. The van der Waals surface area contributed by atoms with Crippen LogP contribution in [-0.4, -0.2) is 47.6 Å². The van der Waals surface area contributed by atoms with Gasteiger partial charge in [-0.05, 0) is 19.1 Å². The van der Waals surface area contributed by atoms with Crippen molar-refractivity contribution in [3.63, 3.8) is 0 Å². The normalized spacial score (nSPS) is 14.1. The third-order valence-corrected chi connectivity index (χ3v) is 3.63. The smallest absolute Gasteiger partial charge is 0.448 e. The second-order valence-corrected chi connectivity index (χ2v) is 5.59. The van der Waals surface area contributed by atoms with Crippen LogP contribution in [-0.2, 0) is 20.4 Å². The van der Waals surface area contributed by atoms with Gasteiger partial charge in [0.2, 0.25) is 0 Å². The molecule has 1 aromatic heterocycles. The molecule has 0 fully saturated rings. The second kappa shape index (κ2) is 8.30. The van der Waals surface area contributed by atoms with E-state index in [9.17, 15) is 35.9 Å². The van der Waals surface area contributed by atoms with Gasteiger partial charge in [0.05, 0.1) is 17.6 Å². The lowest BCUT2D eigenvalue weighted by Crippen LogP contribution is -2.66. The van der Waals surface area contributed by atoms with Gasteiger partial charge in [-0.2, -0.15) is 26.3 Å². The van der Waals surface area contributed by atoms with Crippen molar-refractivity contribution >= 4 is 28.9 Å². The zero-order valence-corrected chi connectivity index (χ0v) is 15.3. The summed E-state index contributed by atoms with van der Waals surface area (Å²) in [6, 6.07) is 3.46. The molecule has 0 aliphatic rings. The average molecular weight is 440 g/mol. The maximum absolute atomic E-state index is 13.4. The number of halogens is 6. The SMILES string of the molecule is CCOC(=O)[C@](NC(=O)Nc1nc2ccccc2nc1C(F)(F)F)(OC)C(F)(F)F. The quantitative estimate of drug-likeness (QED) is 0.421. The van der Waals surface area contributed by atoms with Crippen LogP contribution in [0.15, 0.2) is 24.3 Å². The number of rotatable bonds is 5. The molecular weight excluding hydrogens is 426 g/mol. The number of carbonyl (C=O) groups is 2. The highest BCUT2D eigenvalue weighted by atomic mass is 19.4. The van der Waals surface area contributed by atoms with Gasteiger partial charge in [0.15, 0.2) is 11.5 Å². The van der Waals surface area contributed by atoms with E-state index < -0.39 is 48.2 Å². The zero-order valence-electron chi connectivity index (χ0n) is 15.3. The van der Waals surface area contributed by atoms with Crippen LogP contribution in [0, 0.1) is 0 Å². The van der Waals surface area contributed by atoms with Crippen LogP contribution >= 0.6 is 0 Å². The Bertz CT molecular complexity index is 949. The summed E-state index contributed by atoms with van der Waals surface area (Å²) in [5, 5.41) is 2.71. The van der Waals surface area contributed by atoms with E-state index >= 15 is 0 Å². The van der Waals surface area contributed by atoms with Gasteiger partial charge in [-0.3, -0.25) is 10.6 Å². The summed E-state index contributed by atoms with van der Waals surface area (Å²) in [6.45, 7) is 0.715. The predicted molar refractivity (Wildman–Crippen MR) is 89.1 cm³/mol. The lowest BCUT2D eigenvalue weighted by atomic mass is 10.2. The van der Waals surface area contributed by atoms with E-state index in [-0.39, 0.29) is 11.0 Å². The van der Waals surface area contributed by atoms with E-state index in [1.807, 2.05) is 0 Å². The van der Waals surface area contributed by atoms with Gasteiger partial charge < -0.3 is 9.47 Å². The Balaban J connectivity index is 2.45. The summed E-state index contributed by atoms with van der Waals surface area (Å²) < 4.78 is 88.7. The average Bonchev–Trinajstić information content (AvgIpc) is 2.63. The van der Waals surface area contributed by atoms with Crippen LogP contribution in [0.2, 0.25) is 0 Å². The Kier molecular flexibility index (Phi) is 6.39. The number of urea groups is 1. The van der Waals surface area contributed by atoms with Crippen molar-refractivity contribution in [3.8, 4) is 0 Å². The molecule has 8 nitrogen and oxygen atoms in total. The Morgan fingerprint density at radius 2 is 1.60 bits per heavy atom. The van der Waals surface area contributed by atoms with Crippen molar-refractivity contribution in [3.05, 3.63) is 30.0 Å². The van der Waals surface area contributed by atoms with Crippen molar-refractivity contribution in [1.29, 1.82) is 0 Å². The number of aromatic nitrogens is 2. The molecule has 1 atom stereocenters. The molecule has 0 saturated heterocycles. The van der Waals surface area contributed by atoms with Crippen LogP contribution in [0.4, 0.5) is 37.0 Å². The second-order valence-electron chi connectivity index (χ2n) is 5.59. The topological polar surface area (TPSA) is 102 Å². The number of nitrogens with zero attached hydrogens (tertiary/aromatic N) is 2. The van der Waals surface area contributed by atoms with E-state index in [0.29, 0.717) is 7.11 Å². The zero-order chi connectivity index (χ0) is 22.7. The largest absolute Gasteiger partial charge is 0.462 e. The van der Waals surface area contributed by atoms with Gasteiger partial charge >= 0.3 is 30.1 Å². The highest BCUT2D eigenvalue weighted by Gasteiger charge is 2.64. The molecule has 30 heavy (non-hydrogen) atoms. The minimum atomic E-state index is -5.51. The molecule has 1 heterocycles. The minimum Gasteiger partial charge on any atom is -0.462 e. The van der Waals surface area contributed by atoms with Crippen LogP contribution in [0.25, 0.3) is 11.0 Å². The van der Waals surface area contributed by atoms with Crippen molar-refractivity contribution in [2.75, 3.05) is 19.0 Å². The van der Waals surface area contributed by atoms with Crippen molar-refractivity contribution in [2.45, 2.75) is 25.0 Å². The van der Waals surface area contributed by atoms with Gasteiger partial charge in [-0.1, -0.05) is 12.1 Å². The highest BCUT2D eigenvalue weighted by molar-refractivity contribution is 5.94. The number of methoxy groups -OCH3 is 1. The first-order valence-corrected chi connectivity index (χ1v) is 8.08. The first-order chi connectivity index (χ1) is 13.9. The maximum Gasteiger partial charge on any atom is 0.448 e. The molecule has 0 aliphatic carbocycles. The van der Waals surface area contributed by atoms with Gasteiger partial charge in [-0.15, -0.1) is 0 Å². The number of amides is 2. The summed E-state index contributed by atoms with van der Waals surface area (Å²) in [4.78, 5) is 30.9. The standard InChI is InChI=1S/C16H14F6N4O4/c1-3-30-12(27)14(29-2,16(20,21)22)26-13(28)25-11-10(15(17,18)19)23-8-6-4-5-7-9(8)24-11/h4-7H,3H2,1-2H3,(H2,24,25,26,28)/t14-/m0/s1. The molecule has 164 valence electrons. The number of hydrogen-bond donors (Lipinski definition) is 2. The Hall–Kier alpha value is -3.16. The molecule has 0 unspecified atom stereocenters. The molecule has 2 aromatic rings. The molecule has 2 amide bonds. The molecule has 2 N–H and O–H groups in total. The predicted octanol–water partition coefficient (Wildman–Crippen LogP) is 3.24. The van der Waals surface area contributed by atoms with Gasteiger partial charge in [0.25, 0.3) is 0 Å². The Morgan fingerprint density at radius 3 is 2.07 bits per heavy atom. The number of alkyl halides is 6. The summed E-state index contributed by atoms with van der Waals surface area (Å²) >= 11 is 0. The van der Waals surface area contributed by atoms with Gasteiger partial charge in [0.1, 0.15) is 0 Å². The van der Waals surface area contributed by atoms with Crippen LogP contribution in [0.1, 0.15) is 12.6 Å². The molecule has 1 aromatic carbocycles. The monoisotopic (exact) mass is 440 g/mol. The maximum atomic E-state index is 13.4. The summed E-state index contributed by atoms with van der Waals surface area (Å²) in [5.74, 6) is -3.19. The fraction of sp³-hybridized carbons (Fsp3) is 0.375. The number of nitrogens with one attached hydrogen (secondary N) is 2. The van der Waals surface area contributed by atoms with Crippen LogP contribution < -0.4 is 10.6 Å². The summed E-state index contributed by atoms with van der Waals surface area (Å²) in [5.41, 5.74) is -5.85. The fourth-order valence-corrected chi connectivity index (χ4v) is 2.30. The van der Waals surface area contributed by atoms with Crippen LogP contribution in [0.5, 0.6) is 0 Å². The lowest BCUT2D eigenvalue weighted by Gasteiger charge is -2.32. The number of anilines is 1. The van der Waals surface area contributed by atoms with Gasteiger partial charge in [0, 0.05) is 7.11 Å². The van der Waals surface area contributed by atoms with E-state index in [0.717, 1.165) is 0 Å². The third-order valence-electron chi connectivity index (χ3n) is 3.63. The molecular formula is C16H14F6N4O4. The first kappa shape index (κ1) is 23.1. The number of para-hydroxylation sites is 2. The molecule has 0 radical (unpaired) electrons. The van der Waals surface area contributed by atoms with Gasteiger partial charge in [-0.25, -0.2) is 19.6 Å². The van der Waals surface area contributed by atoms with E-state index in [2.05, 4.69) is 19.4 Å². The Morgan fingerprint density at radius 1 is 1.03 bits per heavy atom. The molecule has 0 spiro atoms. The number of hydrogen-bond acceptors (Lipinski definition) is 6. The molecule has 14 heteroatoms. The van der Waals surface area contributed by atoms with Crippen LogP contribution in [0.3, 0.4) is 0 Å². The minimum absolute atomic E-state index is 0.0694. The van der Waals surface area contributed by atoms with Crippen molar-refractivity contribution < 1.29 is 45.4 Å². The van der Waals surface area contributed by atoms with Crippen molar-refractivity contribution in [2.24, 2.45) is 0 Å². The fourth-order valence-electron chi connectivity index (χ4n) is 2.30. The summed E-state index contributed by atoms with van der Waals surface area (Å²) in [7, 11) is 0.460. The number of esters is 1. The number of benzene rings is 1. The van der Waals surface area contributed by atoms with E-state index in [4.69, 9.17) is 0 Å². The molecule has 0 saturated carbocycles. The molecule has 0 aliphatic heterocycles. The number of ether oxygens (including phenoxy) is 2. The van der Waals surface area contributed by atoms with E-state index in [1.165, 1.54) is 41.8 Å². The molecule has 2 rings (SSSR count). The third kappa shape index (κ3) is 4.53. The summed E-state index contributed by atoms with van der Waals surface area (Å²) in [6.07, 6.45) is -10.6. The van der Waals surface area contributed by atoms with E-state index in [1.54, 1.807) is 0 Å². The first-order valence-electron chi connectivity index (χ1n) is 8.08. The van der Waals surface area contributed by atoms with Crippen molar-refractivity contribution in [1.82, 2.24) is 15.3 Å². The number of fused-ring (bicyclic) bond motifs is 1. The Labute approximate surface area is 164 Å². The number of carbonyl (C=O) groups excluding carboxylic acids is 2.